The Balaban J connectivity index is 1.82. The molecule has 0 aliphatic rings. The van der Waals surface area contributed by atoms with Crippen LogP contribution in [0.15, 0.2) is 54.7 Å². The molecule has 3 atom stereocenters. The fourth-order valence-electron chi connectivity index (χ4n) is 4.03. The van der Waals surface area contributed by atoms with Crippen LogP contribution < -0.4 is 14.8 Å². The molecule has 1 heterocycles. The van der Waals surface area contributed by atoms with E-state index in [1.54, 1.807) is 32.0 Å². The minimum atomic E-state index is -1.12. The number of rotatable bonds is 9. The SMILES string of the molecule is COc1ccnc(C(=O)N[C@@H](C)C(=O)O[C@@H](C)[C@@H](c2ccc(F)cc2)c2ccc(F)cc2C)c1OC(C)=O. The van der Waals surface area contributed by atoms with Crippen molar-refractivity contribution in [3.63, 3.8) is 0 Å². The van der Waals surface area contributed by atoms with Crippen molar-refractivity contribution in [1.82, 2.24) is 10.3 Å². The van der Waals surface area contributed by atoms with Crippen LogP contribution in [0.4, 0.5) is 8.78 Å². The van der Waals surface area contributed by atoms with Crippen molar-refractivity contribution in [2.24, 2.45) is 0 Å². The molecule has 0 fully saturated rings. The molecule has 3 rings (SSSR count). The summed E-state index contributed by atoms with van der Waals surface area (Å²) in [6, 6.07) is 10.3. The molecule has 0 spiro atoms. The van der Waals surface area contributed by atoms with E-state index in [0.717, 1.165) is 6.92 Å². The highest BCUT2D eigenvalue weighted by Crippen LogP contribution is 2.33. The van der Waals surface area contributed by atoms with Crippen LogP contribution in [0.1, 0.15) is 53.9 Å². The van der Waals surface area contributed by atoms with Crippen molar-refractivity contribution in [2.75, 3.05) is 7.11 Å². The summed E-state index contributed by atoms with van der Waals surface area (Å²) < 4.78 is 43.3. The average Bonchev–Trinajstić information content (AvgIpc) is 2.86. The lowest BCUT2D eigenvalue weighted by atomic mass is 9.84. The molecule has 0 aliphatic carbocycles. The van der Waals surface area contributed by atoms with E-state index in [2.05, 4.69) is 10.3 Å². The zero-order chi connectivity index (χ0) is 28.0. The van der Waals surface area contributed by atoms with E-state index in [0.29, 0.717) is 16.7 Å². The summed E-state index contributed by atoms with van der Waals surface area (Å²) in [5.41, 5.74) is 1.73. The number of carbonyl (C=O) groups excluding carboxylic acids is 3. The van der Waals surface area contributed by atoms with Gasteiger partial charge in [0.25, 0.3) is 5.91 Å². The molecule has 3 aromatic rings. The highest BCUT2D eigenvalue weighted by Gasteiger charge is 2.30. The number of aromatic nitrogens is 1. The summed E-state index contributed by atoms with van der Waals surface area (Å²) in [7, 11) is 1.34. The maximum Gasteiger partial charge on any atom is 0.328 e. The van der Waals surface area contributed by atoms with Gasteiger partial charge in [0.15, 0.2) is 11.4 Å². The van der Waals surface area contributed by atoms with Crippen LogP contribution in [0.5, 0.6) is 11.5 Å². The summed E-state index contributed by atoms with van der Waals surface area (Å²) in [6.07, 6.45) is 0.521. The van der Waals surface area contributed by atoms with Crippen molar-refractivity contribution in [3.8, 4) is 11.5 Å². The third-order valence-electron chi connectivity index (χ3n) is 5.82. The van der Waals surface area contributed by atoms with Gasteiger partial charge in [0, 0.05) is 25.1 Å². The van der Waals surface area contributed by atoms with Crippen molar-refractivity contribution in [2.45, 2.75) is 45.8 Å². The number of esters is 2. The van der Waals surface area contributed by atoms with Crippen LogP contribution in [0.2, 0.25) is 0 Å². The Labute approximate surface area is 218 Å². The molecule has 1 N–H and O–H groups in total. The largest absolute Gasteiger partial charge is 0.493 e. The third-order valence-corrected chi connectivity index (χ3v) is 5.82. The predicted octanol–water partition coefficient (Wildman–Crippen LogP) is 4.48. The van der Waals surface area contributed by atoms with E-state index in [4.69, 9.17) is 14.2 Å². The molecule has 200 valence electrons. The number of ether oxygens (including phenoxy) is 3. The van der Waals surface area contributed by atoms with Gasteiger partial charge in [-0.1, -0.05) is 18.2 Å². The second kappa shape index (κ2) is 12.3. The van der Waals surface area contributed by atoms with Gasteiger partial charge in [-0.05, 0) is 61.7 Å². The lowest BCUT2D eigenvalue weighted by Gasteiger charge is -2.27. The first kappa shape index (κ1) is 28.2. The average molecular weight is 527 g/mol. The van der Waals surface area contributed by atoms with Crippen LogP contribution in [0.3, 0.4) is 0 Å². The second-order valence-corrected chi connectivity index (χ2v) is 8.65. The minimum Gasteiger partial charge on any atom is -0.493 e. The normalized spacial score (nSPS) is 13.1. The quantitative estimate of drug-likeness (QED) is 0.410. The number of nitrogens with zero attached hydrogens (tertiary/aromatic N) is 1. The number of nitrogens with one attached hydrogen (secondary N) is 1. The van der Waals surface area contributed by atoms with Crippen LogP contribution in [0, 0.1) is 18.6 Å². The molecule has 0 saturated heterocycles. The number of methoxy groups -OCH3 is 1. The third kappa shape index (κ3) is 6.70. The lowest BCUT2D eigenvalue weighted by Crippen LogP contribution is -2.41. The first-order valence-corrected chi connectivity index (χ1v) is 11.8. The molecule has 10 heteroatoms. The van der Waals surface area contributed by atoms with E-state index >= 15 is 0 Å². The Hall–Kier alpha value is -4.34. The van der Waals surface area contributed by atoms with Gasteiger partial charge in [-0.3, -0.25) is 9.59 Å². The smallest absolute Gasteiger partial charge is 0.328 e. The van der Waals surface area contributed by atoms with Crippen LogP contribution >= 0.6 is 0 Å². The molecule has 0 saturated carbocycles. The molecule has 0 aliphatic heterocycles. The fourth-order valence-corrected chi connectivity index (χ4v) is 4.03. The van der Waals surface area contributed by atoms with Crippen LogP contribution in [-0.2, 0) is 14.3 Å². The van der Waals surface area contributed by atoms with E-state index in [-0.39, 0.29) is 17.2 Å². The maximum absolute atomic E-state index is 13.8. The highest BCUT2D eigenvalue weighted by molar-refractivity contribution is 5.98. The number of hydrogen-bond donors (Lipinski definition) is 1. The number of carbonyl (C=O) groups is 3. The number of halogens is 2. The van der Waals surface area contributed by atoms with E-state index in [1.165, 1.54) is 50.6 Å². The summed E-state index contributed by atoms with van der Waals surface area (Å²) in [4.78, 5) is 41.4. The first-order chi connectivity index (χ1) is 18.0. The van der Waals surface area contributed by atoms with E-state index in [9.17, 15) is 23.2 Å². The van der Waals surface area contributed by atoms with E-state index in [1.807, 2.05) is 0 Å². The summed E-state index contributed by atoms with van der Waals surface area (Å²) in [5, 5.41) is 2.49. The zero-order valence-electron chi connectivity index (χ0n) is 21.6. The number of hydrogen-bond acceptors (Lipinski definition) is 7. The number of pyridine rings is 1. The van der Waals surface area contributed by atoms with Gasteiger partial charge in [-0.15, -0.1) is 0 Å². The van der Waals surface area contributed by atoms with Crippen LogP contribution in [-0.4, -0.2) is 42.1 Å². The van der Waals surface area contributed by atoms with Gasteiger partial charge in [0.05, 0.1) is 7.11 Å². The Kier molecular flexibility index (Phi) is 9.11. The molecule has 0 bridgehead atoms. The first-order valence-electron chi connectivity index (χ1n) is 11.8. The van der Waals surface area contributed by atoms with E-state index < -0.39 is 47.5 Å². The lowest BCUT2D eigenvalue weighted by molar-refractivity contribution is -0.150. The second-order valence-electron chi connectivity index (χ2n) is 8.65. The fraction of sp³-hybridized carbons (Fsp3) is 0.286. The molecule has 1 aromatic heterocycles. The molecule has 0 radical (unpaired) electrons. The number of aryl methyl sites for hydroxylation is 1. The summed E-state index contributed by atoms with van der Waals surface area (Å²) >= 11 is 0. The maximum atomic E-state index is 13.8. The predicted molar refractivity (Wildman–Crippen MR) is 134 cm³/mol. The highest BCUT2D eigenvalue weighted by atomic mass is 19.1. The number of benzene rings is 2. The van der Waals surface area contributed by atoms with Gasteiger partial charge in [-0.25, -0.2) is 18.6 Å². The summed E-state index contributed by atoms with van der Waals surface area (Å²) in [5.74, 6) is -3.68. The monoisotopic (exact) mass is 526 g/mol. The Morgan fingerprint density at radius 2 is 1.63 bits per heavy atom. The van der Waals surface area contributed by atoms with Gasteiger partial charge in [0.1, 0.15) is 23.8 Å². The Morgan fingerprint density at radius 1 is 0.974 bits per heavy atom. The van der Waals surface area contributed by atoms with Crippen molar-refractivity contribution < 1.29 is 37.4 Å². The topological polar surface area (TPSA) is 104 Å². The minimum absolute atomic E-state index is 0.112. The Bertz CT molecular complexity index is 1330. The van der Waals surface area contributed by atoms with Gasteiger partial charge >= 0.3 is 11.9 Å². The standard InChI is InChI=1S/C28H28F2N2O6/c1-15-14-21(30)10-11-22(15)24(19-6-8-20(29)9-7-19)17(3)37-28(35)16(2)32-27(34)25-26(38-18(4)33)23(36-5)12-13-31-25/h6-14,16-17,24H,1-5H3,(H,32,34)/t16-,17-,24-/m0/s1. The molecule has 8 nitrogen and oxygen atoms in total. The van der Waals surface area contributed by atoms with Gasteiger partial charge < -0.3 is 19.5 Å². The summed E-state index contributed by atoms with van der Waals surface area (Å²) in [6.45, 7) is 5.98. The van der Waals surface area contributed by atoms with Crippen molar-refractivity contribution in [1.29, 1.82) is 0 Å². The van der Waals surface area contributed by atoms with Gasteiger partial charge in [-0.2, -0.15) is 0 Å². The van der Waals surface area contributed by atoms with Crippen molar-refractivity contribution in [3.05, 3.63) is 88.7 Å². The van der Waals surface area contributed by atoms with Crippen molar-refractivity contribution >= 4 is 17.8 Å². The molecule has 2 aromatic carbocycles. The number of amides is 1. The zero-order valence-corrected chi connectivity index (χ0v) is 21.6. The van der Waals surface area contributed by atoms with Crippen LogP contribution in [0.25, 0.3) is 0 Å². The molecule has 38 heavy (non-hydrogen) atoms. The Morgan fingerprint density at radius 3 is 2.24 bits per heavy atom. The molecule has 1 amide bonds. The molecular formula is C28H28F2N2O6. The molecular weight excluding hydrogens is 498 g/mol. The molecule has 0 unspecified atom stereocenters. The van der Waals surface area contributed by atoms with Gasteiger partial charge in [0.2, 0.25) is 5.75 Å².